The summed E-state index contributed by atoms with van der Waals surface area (Å²) in [6.07, 6.45) is 1.69. The average Bonchev–Trinajstić information content (AvgIpc) is 3.06. The molecular weight excluding hydrogens is 413 g/mol. The van der Waals surface area contributed by atoms with Crippen LogP contribution in [0.4, 0.5) is 4.39 Å². The summed E-state index contributed by atoms with van der Waals surface area (Å²) in [4.78, 5) is 7.36. The molecule has 2 aromatic carbocycles. The van der Waals surface area contributed by atoms with Crippen molar-refractivity contribution in [2.24, 2.45) is 0 Å². The predicted molar refractivity (Wildman–Crippen MR) is 106 cm³/mol. The minimum absolute atomic E-state index is 0.318. The highest BCUT2D eigenvalue weighted by molar-refractivity contribution is 9.10. The summed E-state index contributed by atoms with van der Waals surface area (Å²) in [7, 11) is 0. The highest BCUT2D eigenvalue weighted by Gasteiger charge is 2.13. The normalized spacial score (nSPS) is 11.4. The number of imidazole rings is 1. The van der Waals surface area contributed by atoms with Gasteiger partial charge >= 0.3 is 0 Å². The minimum Gasteiger partial charge on any atom is -0.490 e. The zero-order chi connectivity index (χ0) is 19.4. The molecule has 0 amide bonds. The number of allylic oxidation sites excluding steroid dienone is 1. The van der Waals surface area contributed by atoms with Crippen LogP contribution >= 0.6 is 15.9 Å². The molecule has 3 aromatic rings. The Bertz CT molecular complexity index is 1050. The van der Waals surface area contributed by atoms with E-state index in [1.807, 2.05) is 19.9 Å². The van der Waals surface area contributed by atoms with E-state index in [2.05, 4.69) is 32.0 Å². The Morgan fingerprint density at radius 3 is 2.59 bits per heavy atom. The molecule has 1 N–H and O–H groups in total. The van der Waals surface area contributed by atoms with Crippen LogP contribution < -0.4 is 9.47 Å². The first kappa shape index (κ1) is 18.9. The number of ether oxygens (including phenoxy) is 2. The summed E-state index contributed by atoms with van der Waals surface area (Å²) in [6.45, 7) is 4.79. The molecule has 138 valence electrons. The molecule has 0 radical (unpaired) electrons. The van der Waals surface area contributed by atoms with Crippen molar-refractivity contribution in [2.75, 3.05) is 13.2 Å². The van der Waals surface area contributed by atoms with Gasteiger partial charge in [-0.1, -0.05) is 15.9 Å². The van der Waals surface area contributed by atoms with E-state index in [9.17, 15) is 9.65 Å². The van der Waals surface area contributed by atoms with Gasteiger partial charge in [0.2, 0.25) is 0 Å². The van der Waals surface area contributed by atoms with Gasteiger partial charge in [-0.3, -0.25) is 0 Å². The van der Waals surface area contributed by atoms with E-state index in [0.717, 1.165) is 10.0 Å². The van der Waals surface area contributed by atoms with Gasteiger partial charge in [0.05, 0.1) is 29.8 Å². The van der Waals surface area contributed by atoms with E-state index in [4.69, 9.17) is 9.47 Å². The number of nitrogens with one attached hydrogen (secondary N) is 1. The van der Waals surface area contributed by atoms with Crippen LogP contribution in [-0.4, -0.2) is 23.2 Å². The molecular formula is C20H17BrFN3O2. The third kappa shape index (κ3) is 4.12. The number of nitriles is 1. The summed E-state index contributed by atoms with van der Waals surface area (Å²) in [6, 6.07) is 10.0. The lowest BCUT2D eigenvalue weighted by molar-refractivity contribution is 0.287. The van der Waals surface area contributed by atoms with Gasteiger partial charge in [-0.25, -0.2) is 9.37 Å². The highest BCUT2D eigenvalue weighted by Crippen LogP contribution is 2.35. The second kappa shape index (κ2) is 8.23. The molecule has 27 heavy (non-hydrogen) atoms. The Hall–Kier alpha value is -2.85. The van der Waals surface area contributed by atoms with Gasteiger partial charge in [-0.2, -0.15) is 5.26 Å². The molecule has 0 saturated heterocycles. The minimum atomic E-state index is -0.365. The number of fused-ring (bicyclic) bond motifs is 1. The van der Waals surface area contributed by atoms with Crippen LogP contribution in [0.2, 0.25) is 0 Å². The standard InChI is InChI=1S/C20H17BrFN3O2/c1-3-26-18-8-12(15(21)10-19(18)27-4-2)7-13(11-23)20-24-16-6-5-14(22)9-17(16)25-20/h5-10H,3-4H2,1-2H3,(H,24,25)/b13-7-. The Kier molecular flexibility index (Phi) is 5.77. The van der Waals surface area contributed by atoms with Gasteiger partial charge in [0, 0.05) is 4.47 Å². The predicted octanol–water partition coefficient (Wildman–Crippen LogP) is 5.33. The van der Waals surface area contributed by atoms with E-state index in [1.165, 1.54) is 12.1 Å². The summed E-state index contributed by atoms with van der Waals surface area (Å²) < 4.78 is 25.4. The van der Waals surface area contributed by atoms with Crippen molar-refractivity contribution in [3.05, 3.63) is 52.0 Å². The van der Waals surface area contributed by atoms with Crippen LogP contribution in [-0.2, 0) is 0 Å². The van der Waals surface area contributed by atoms with Gasteiger partial charge in [0.15, 0.2) is 11.5 Å². The summed E-state index contributed by atoms with van der Waals surface area (Å²) in [5.41, 5.74) is 2.18. The SMILES string of the molecule is CCOc1cc(Br)c(/C=C(/C#N)c2nc3ccc(F)cc3[nH]2)cc1OCC. The highest BCUT2D eigenvalue weighted by atomic mass is 79.9. The van der Waals surface area contributed by atoms with Crippen LogP contribution in [0.5, 0.6) is 11.5 Å². The van der Waals surface area contributed by atoms with Crippen LogP contribution in [0.25, 0.3) is 22.7 Å². The Morgan fingerprint density at radius 2 is 1.93 bits per heavy atom. The molecule has 0 saturated carbocycles. The fraction of sp³-hybridized carbons (Fsp3) is 0.200. The molecule has 0 unspecified atom stereocenters. The van der Waals surface area contributed by atoms with Crippen LogP contribution in [0.3, 0.4) is 0 Å². The maximum atomic E-state index is 13.4. The summed E-state index contributed by atoms with van der Waals surface area (Å²) >= 11 is 3.51. The second-order valence-electron chi connectivity index (χ2n) is 5.60. The zero-order valence-electron chi connectivity index (χ0n) is 14.8. The first-order valence-corrected chi connectivity index (χ1v) is 9.21. The summed E-state index contributed by atoms with van der Waals surface area (Å²) in [5.74, 6) is 1.23. The maximum absolute atomic E-state index is 13.4. The van der Waals surface area contributed by atoms with Gasteiger partial charge in [0.25, 0.3) is 0 Å². The van der Waals surface area contributed by atoms with Crippen molar-refractivity contribution in [3.63, 3.8) is 0 Å². The van der Waals surface area contributed by atoms with Gasteiger partial charge in [-0.05, 0) is 55.8 Å². The zero-order valence-corrected chi connectivity index (χ0v) is 16.4. The van der Waals surface area contributed by atoms with Crippen molar-refractivity contribution in [1.82, 2.24) is 9.97 Å². The van der Waals surface area contributed by atoms with Crippen LogP contribution in [0.15, 0.2) is 34.8 Å². The lowest BCUT2D eigenvalue weighted by Gasteiger charge is -2.13. The van der Waals surface area contributed by atoms with Crippen LogP contribution in [0, 0.1) is 17.1 Å². The van der Waals surface area contributed by atoms with E-state index < -0.39 is 0 Å². The molecule has 1 heterocycles. The van der Waals surface area contributed by atoms with E-state index in [-0.39, 0.29) is 5.82 Å². The van der Waals surface area contributed by atoms with Gasteiger partial charge in [-0.15, -0.1) is 0 Å². The number of hydrogen-bond acceptors (Lipinski definition) is 4. The van der Waals surface area contributed by atoms with E-state index in [0.29, 0.717) is 47.1 Å². The number of halogens is 2. The van der Waals surface area contributed by atoms with E-state index >= 15 is 0 Å². The second-order valence-corrected chi connectivity index (χ2v) is 6.46. The molecule has 0 aliphatic heterocycles. The van der Waals surface area contributed by atoms with Crippen molar-refractivity contribution < 1.29 is 13.9 Å². The molecule has 0 aliphatic carbocycles. The number of rotatable bonds is 6. The number of hydrogen-bond donors (Lipinski definition) is 1. The van der Waals surface area contributed by atoms with Gasteiger partial charge < -0.3 is 14.5 Å². The Morgan fingerprint density at radius 1 is 1.22 bits per heavy atom. The van der Waals surface area contributed by atoms with Gasteiger partial charge in [0.1, 0.15) is 17.7 Å². The first-order chi connectivity index (χ1) is 13.0. The topological polar surface area (TPSA) is 70.9 Å². The molecule has 5 nitrogen and oxygen atoms in total. The smallest absolute Gasteiger partial charge is 0.162 e. The number of aromatic nitrogens is 2. The lowest BCUT2D eigenvalue weighted by atomic mass is 10.1. The Labute approximate surface area is 164 Å². The molecule has 0 bridgehead atoms. The number of benzene rings is 2. The van der Waals surface area contributed by atoms with Crippen molar-refractivity contribution in [1.29, 1.82) is 5.26 Å². The summed E-state index contributed by atoms with van der Waals surface area (Å²) in [5, 5.41) is 9.60. The quantitative estimate of drug-likeness (QED) is 0.537. The largest absolute Gasteiger partial charge is 0.490 e. The monoisotopic (exact) mass is 429 g/mol. The van der Waals surface area contributed by atoms with Crippen LogP contribution in [0.1, 0.15) is 25.2 Å². The fourth-order valence-electron chi connectivity index (χ4n) is 2.62. The molecule has 7 heteroatoms. The molecule has 3 rings (SSSR count). The number of nitrogens with zero attached hydrogens (tertiary/aromatic N) is 2. The fourth-order valence-corrected chi connectivity index (χ4v) is 3.05. The number of H-pyrrole nitrogens is 1. The van der Waals surface area contributed by atoms with Crippen molar-refractivity contribution in [2.45, 2.75) is 13.8 Å². The molecule has 0 atom stereocenters. The average molecular weight is 430 g/mol. The molecule has 0 aliphatic rings. The molecule has 1 aromatic heterocycles. The Balaban J connectivity index is 2.06. The van der Waals surface area contributed by atoms with Crippen molar-refractivity contribution >= 4 is 38.6 Å². The van der Waals surface area contributed by atoms with Crippen molar-refractivity contribution in [3.8, 4) is 17.6 Å². The third-order valence-electron chi connectivity index (χ3n) is 3.78. The third-order valence-corrected chi connectivity index (χ3v) is 4.47. The lowest BCUT2D eigenvalue weighted by Crippen LogP contribution is -1.99. The first-order valence-electron chi connectivity index (χ1n) is 8.42. The number of aromatic amines is 1. The van der Waals surface area contributed by atoms with E-state index in [1.54, 1.807) is 18.2 Å². The maximum Gasteiger partial charge on any atom is 0.162 e. The molecule has 0 spiro atoms. The molecule has 0 fully saturated rings.